The molecule has 0 saturated carbocycles. The number of oxime groups is 1. The molecular formula is C21H32N2O3S. The van der Waals surface area contributed by atoms with Gasteiger partial charge < -0.3 is 0 Å². The van der Waals surface area contributed by atoms with Gasteiger partial charge >= 0.3 is 10.1 Å². The summed E-state index contributed by atoms with van der Waals surface area (Å²) in [5, 5.41) is 12.7. The van der Waals surface area contributed by atoms with Crippen LogP contribution in [-0.4, -0.2) is 19.9 Å². The summed E-state index contributed by atoms with van der Waals surface area (Å²) < 4.78 is 28.6. The second kappa shape index (κ2) is 13.3. The van der Waals surface area contributed by atoms with E-state index in [1.807, 2.05) is 25.1 Å². The van der Waals surface area contributed by atoms with E-state index in [0.717, 1.165) is 24.8 Å². The number of benzene rings is 1. The second-order valence-corrected chi connectivity index (χ2v) is 8.61. The van der Waals surface area contributed by atoms with Gasteiger partial charge in [-0.2, -0.15) is 13.7 Å². The molecule has 6 heteroatoms. The summed E-state index contributed by atoms with van der Waals surface area (Å²) in [6, 6.07) is 8.98. The van der Waals surface area contributed by atoms with Crippen LogP contribution in [0.4, 0.5) is 0 Å². The van der Waals surface area contributed by atoms with E-state index in [1.54, 1.807) is 12.1 Å². The van der Waals surface area contributed by atoms with Gasteiger partial charge in [-0.05, 0) is 13.3 Å². The van der Waals surface area contributed by atoms with Gasteiger partial charge in [0, 0.05) is 5.56 Å². The van der Waals surface area contributed by atoms with Crippen molar-refractivity contribution in [1.29, 1.82) is 5.26 Å². The van der Waals surface area contributed by atoms with Gasteiger partial charge in [-0.25, -0.2) is 0 Å². The lowest BCUT2D eigenvalue weighted by atomic mass is 10.1. The van der Waals surface area contributed by atoms with E-state index >= 15 is 0 Å². The molecule has 1 aromatic rings. The molecule has 0 spiro atoms. The lowest BCUT2D eigenvalue weighted by Gasteiger charge is -2.04. The first kappa shape index (κ1) is 23.2. The van der Waals surface area contributed by atoms with Gasteiger partial charge in [0.25, 0.3) is 0 Å². The predicted octanol–water partition coefficient (Wildman–Crippen LogP) is 5.49. The summed E-state index contributed by atoms with van der Waals surface area (Å²) >= 11 is 0. The average molecular weight is 393 g/mol. The van der Waals surface area contributed by atoms with E-state index < -0.39 is 10.1 Å². The molecule has 150 valence electrons. The summed E-state index contributed by atoms with van der Waals surface area (Å²) in [4.78, 5) is 0. The number of nitriles is 1. The minimum Gasteiger partial charge on any atom is -0.267 e. The van der Waals surface area contributed by atoms with Crippen LogP contribution >= 0.6 is 0 Å². The van der Waals surface area contributed by atoms with Crippen LogP contribution in [0.1, 0.15) is 82.3 Å². The quantitative estimate of drug-likeness (QED) is 0.238. The van der Waals surface area contributed by atoms with Gasteiger partial charge in [-0.3, -0.25) is 4.28 Å². The maximum absolute atomic E-state index is 11.9. The molecule has 0 bridgehead atoms. The Bertz CT molecular complexity index is 704. The van der Waals surface area contributed by atoms with E-state index in [4.69, 9.17) is 5.26 Å². The molecule has 1 rings (SSSR count). The zero-order valence-electron chi connectivity index (χ0n) is 16.6. The van der Waals surface area contributed by atoms with E-state index in [-0.39, 0.29) is 11.5 Å². The summed E-state index contributed by atoms with van der Waals surface area (Å²) in [5.41, 5.74) is 1.55. The van der Waals surface area contributed by atoms with Crippen molar-refractivity contribution in [2.75, 3.05) is 5.75 Å². The number of hydrogen-bond acceptors (Lipinski definition) is 5. The molecule has 0 amide bonds. The van der Waals surface area contributed by atoms with Gasteiger partial charge in [0.05, 0.1) is 5.75 Å². The topological polar surface area (TPSA) is 79.5 Å². The summed E-state index contributed by atoms with van der Waals surface area (Å²) in [7, 11) is -3.75. The molecule has 0 aromatic heterocycles. The molecule has 0 aliphatic carbocycles. The Labute approximate surface area is 164 Å². The Balaban J connectivity index is 2.27. The van der Waals surface area contributed by atoms with Crippen molar-refractivity contribution in [2.24, 2.45) is 5.16 Å². The molecule has 27 heavy (non-hydrogen) atoms. The highest BCUT2D eigenvalue weighted by atomic mass is 32.2. The fourth-order valence-electron chi connectivity index (χ4n) is 2.75. The van der Waals surface area contributed by atoms with Crippen LogP contribution in [0, 0.1) is 18.3 Å². The average Bonchev–Trinajstić information content (AvgIpc) is 2.65. The summed E-state index contributed by atoms with van der Waals surface area (Å²) in [6.45, 7) is 4.15. The third-order valence-corrected chi connectivity index (χ3v) is 5.51. The SMILES string of the molecule is CCCCCCCCCCCCS(=O)(=O)O/N=C(\C#N)c1ccc(C)cc1. The zero-order valence-corrected chi connectivity index (χ0v) is 17.4. The van der Waals surface area contributed by atoms with E-state index in [9.17, 15) is 8.42 Å². The molecule has 0 aliphatic heterocycles. The molecule has 0 radical (unpaired) electrons. The number of nitrogens with zero attached hydrogens (tertiary/aromatic N) is 2. The predicted molar refractivity (Wildman–Crippen MR) is 110 cm³/mol. The van der Waals surface area contributed by atoms with Crippen LogP contribution < -0.4 is 0 Å². The Morgan fingerprint density at radius 2 is 1.48 bits per heavy atom. The third kappa shape index (κ3) is 10.8. The normalized spacial score (nSPS) is 12.0. The Hall–Kier alpha value is -1.87. The van der Waals surface area contributed by atoms with Gasteiger partial charge in [0.15, 0.2) is 5.71 Å². The van der Waals surface area contributed by atoms with Gasteiger partial charge in [-0.1, -0.05) is 99.7 Å². The van der Waals surface area contributed by atoms with Gasteiger partial charge in [0.2, 0.25) is 0 Å². The maximum atomic E-state index is 11.9. The zero-order chi connectivity index (χ0) is 20.0. The molecule has 0 saturated heterocycles. The van der Waals surface area contributed by atoms with Crippen molar-refractivity contribution < 1.29 is 12.7 Å². The molecule has 0 atom stereocenters. The van der Waals surface area contributed by atoms with Crippen molar-refractivity contribution in [3.05, 3.63) is 35.4 Å². The maximum Gasteiger partial charge on any atom is 0.328 e. The molecule has 0 aliphatic rings. The van der Waals surface area contributed by atoms with Crippen LogP contribution in [0.25, 0.3) is 0 Å². The van der Waals surface area contributed by atoms with Crippen LogP contribution in [0.2, 0.25) is 0 Å². The number of hydrogen-bond donors (Lipinski definition) is 0. The Kier molecular flexibility index (Phi) is 11.4. The lowest BCUT2D eigenvalue weighted by Crippen LogP contribution is -2.09. The van der Waals surface area contributed by atoms with Crippen molar-refractivity contribution in [2.45, 2.75) is 78.1 Å². The van der Waals surface area contributed by atoms with E-state index in [1.165, 1.54) is 38.5 Å². The molecule has 0 N–H and O–H groups in total. The second-order valence-electron chi connectivity index (χ2n) is 6.94. The van der Waals surface area contributed by atoms with Crippen LogP contribution in [-0.2, 0) is 14.4 Å². The highest BCUT2D eigenvalue weighted by Crippen LogP contribution is 2.12. The van der Waals surface area contributed by atoms with Gasteiger partial charge in [0.1, 0.15) is 6.07 Å². The standard InChI is InChI=1S/C21H32N2O3S/c1-3-4-5-6-7-8-9-10-11-12-17-27(24,25)26-23-21(18-22)20-15-13-19(2)14-16-20/h13-16H,3-12,17H2,1-2H3/b23-21+. The minimum absolute atomic E-state index is 0.0401. The first-order chi connectivity index (χ1) is 13.0. The monoisotopic (exact) mass is 392 g/mol. The summed E-state index contributed by atoms with van der Waals surface area (Å²) in [5.74, 6) is -0.0698. The number of aryl methyl sites for hydroxylation is 1. The smallest absolute Gasteiger partial charge is 0.267 e. The Morgan fingerprint density at radius 1 is 0.963 bits per heavy atom. The highest BCUT2D eigenvalue weighted by Gasteiger charge is 2.12. The fourth-order valence-corrected chi connectivity index (χ4v) is 3.57. The molecule has 1 aromatic carbocycles. The first-order valence-electron chi connectivity index (χ1n) is 9.95. The van der Waals surface area contributed by atoms with Crippen LogP contribution in [0.5, 0.6) is 0 Å². The van der Waals surface area contributed by atoms with E-state index in [2.05, 4.69) is 16.4 Å². The number of rotatable bonds is 14. The highest BCUT2D eigenvalue weighted by molar-refractivity contribution is 7.86. The van der Waals surface area contributed by atoms with Crippen molar-refractivity contribution in [3.8, 4) is 6.07 Å². The molecule has 0 unspecified atom stereocenters. The fraction of sp³-hybridized carbons (Fsp3) is 0.619. The molecule has 5 nitrogen and oxygen atoms in total. The first-order valence-corrected chi connectivity index (χ1v) is 11.5. The van der Waals surface area contributed by atoms with Crippen LogP contribution in [0.3, 0.4) is 0 Å². The number of unbranched alkanes of at least 4 members (excludes halogenated alkanes) is 9. The van der Waals surface area contributed by atoms with E-state index in [0.29, 0.717) is 12.0 Å². The van der Waals surface area contributed by atoms with Crippen molar-refractivity contribution >= 4 is 15.8 Å². The van der Waals surface area contributed by atoms with Crippen molar-refractivity contribution in [3.63, 3.8) is 0 Å². The van der Waals surface area contributed by atoms with Gasteiger partial charge in [-0.15, -0.1) is 0 Å². The van der Waals surface area contributed by atoms with Crippen LogP contribution in [0.15, 0.2) is 29.4 Å². The molecule has 0 fully saturated rings. The minimum atomic E-state index is -3.75. The molecular weight excluding hydrogens is 360 g/mol. The lowest BCUT2D eigenvalue weighted by molar-refractivity contribution is 0.338. The summed E-state index contributed by atoms with van der Waals surface area (Å²) in [6.07, 6.45) is 11.3. The Morgan fingerprint density at radius 3 is 2.00 bits per heavy atom. The largest absolute Gasteiger partial charge is 0.328 e. The van der Waals surface area contributed by atoms with Crippen molar-refractivity contribution in [1.82, 2.24) is 0 Å². The molecule has 0 heterocycles. The third-order valence-electron chi connectivity index (χ3n) is 4.42.